The summed E-state index contributed by atoms with van der Waals surface area (Å²) in [5.41, 5.74) is 7.05. The molecule has 0 aliphatic heterocycles. The van der Waals surface area contributed by atoms with Crippen LogP contribution in [-0.2, 0) is 13.6 Å². The van der Waals surface area contributed by atoms with Crippen LogP contribution in [0.2, 0.25) is 0 Å². The third-order valence-electron chi connectivity index (χ3n) is 2.06. The van der Waals surface area contributed by atoms with Gasteiger partial charge >= 0.3 is 0 Å². The monoisotopic (exact) mass is 219 g/mol. The summed E-state index contributed by atoms with van der Waals surface area (Å²) in [6.45, 7) is 2.27. The van der Waals surface area contributed by atoms with E-state index in [1.807, 2.05) is 20.0 Å². The summed E-state index contributed by atoms with van der Waals surface area (Å²) in [5.74, 6) is 1.06. The minimum absolute atomic E-state index is 0.373. The molecule has 0 aromatic carbocycles. The van der Waals surface area contributed by atoms with Crippen LogP contribution in [0, 0.1) is 6.92 Å². The van der Waals surface area contributed by atoms with Crippen molar-refractivity contribution in [2.24, 2.45) is 12.8 Å². The van der Waals surface area contributed by atoms with Crippen LogP contribution in [-0.4, -0.2) is 19.7 Å². The quantitative estimate of drug-likeness (QED) is 0.824. The molecule has 2 heterocycles. The lowest BCUT2D eigenvalue weighted by Crippen LogP contribution is -2.01. The van der Waals surface area contributed by atoms with Gasteiger partial charge in [-0.05, 0) is 6.92 Å². The van der Waals surface area contributed by atoms with E-state index in [1.54, 1.807) is 17.1 Å². The molecule has 84 valence electrons. The van der Waals surface area contributed by atoms with Crippen molar-refractivity contribution in [1.82, 2.24) is 19.7 Å². The number of hydrogen-bond donors (Lipinski definition) is 1. The Balaban J connectivity index is 2.17. The van der Waals surface area contributed by atoms with Gasteiger partial charge in [-0.3, -0.25) is 4.98 Å². The Hall–Kier alpha value is -1.95. The van der Waals surface area contributed by atoms with Crippen molar-refractivity contribution in [2.45, 2.75) is 13.5 Å². The first-order valence-corrected chi connectivity index (χ1v) is 4.88. The van der Waals surface area contributed by atoms with Gasteiger partial charge < -0.3 is 10.5 Å². The van der Waals surface area contributed by atoms with E-state index >= 15 is 0 Å². The minimum atomic E-state index is 0.373. The molecule has 0 spiro atoms. The topological polar surface area (TPSA) is 78.9 Å². The zero-order chi connectivity index (χ0) is 11.5. The highest BCUT2D eigenvalue weighted by atomic mass is 16.5. The van der Waals surface area contributed by atoms with Gasteiger partial charge in [0.25, 0.3) is 0 Å². The van der Waals surface area contributed by atoms with Gasteiger partial charge in [0.2, 0.25) is 11.8 Å². The van der Waals surface area contributed by atoms with Crippen molar-refractivity contribution >= 4 is 0 Å². The summed E-state index contributed by atoms with van der Waals surface area (Å²) in [6.07, 6.45) is 3.14. The molecule has 0 fully saturated rings. The Morgan fingerprint density at radius 1 is 1.38 bits per heavy atom. The number of nitrogens with zero attached hydrogens (tertiary/aromatic N) is 4. The van der Waals surface area contributed by atoms with Crippen molar-refractivity contribution in [3.63, 3.8) is 0 Å². The van der Waals surface area contributed by atoms with Gasteiger partial charge in [0.1, 0.15) is 0 Å². The van der Waals surface area contributed by atoms with Gasteiger partial charge in [0.05, 0.1) is 23.8 Å². The van der Waals surface area contributed by atoms with Gasteiger partial charge in [0.15, 0.2) is 0 Å². The van der Waals surface area contributed by atoms with E-state index in [9.17, 15) is 0 Å². The van der Waals surface area contributed by atoms with E-state index in [4.69, 9.17) is 10.5 Å². The first-order chi connectivity index (χ1) is 7.69. The van der Waals surface area contributed by atoms with E-state index in [0.717, 1.165) is 11.4 Å². The van der Waals surface area contributed by atoms with E-state index < -0.39 is 0 Å². The molecule has 2 rings (SSSR count). The van der Waals surface area contributed by atoms with Gasteiger partial charge in [-0.15, -0.1) is 0 Å². The molecule has 2 aromatic heterocycles. The molecular weight excluding hydrogens is 206 g/mol. The molecule has 2 N–H and O–H groups in total. The number of aromatic nitrogens is 4. The predicted octanol–water partition coefficient (Wildman–Crippen LogP) is 0.770. The molecule has 6 heteroatoms. The number of nitrogens with two attached hydrogens (primary N) is 1. The molecule has 0 saturated heterocycles. The Morgan fingerprint density at radius 2 is 2.19 bits per heavy atom. The summed E-state index contributed by atoms with van der Waals surface area (Å²) >= 11 is 0. The number of hydrogen-bond acceptors (Lipinski definition) is 5. The maximum atomic E-state index is 5.52. The highest BCUT2D eigenvalue weighted by molar-refractivity contribution is 5.20. The van der Waals surface area contributed by atoms with E-state index in [1.165, 1.54) is 0 Å². The lowest BCUT2D eigenvalue weighted by Gasteiger charge is -2.03. The number of rotatable bonds is 3. The largest absolute Gasteiger partial charge is 0.419 e. The Bertz CT molecular complexity index is 476. The highest BCUT2D eigenvalue weighted by Gasteiger charge is 2.05. The standard InChI is InChI=1S/C10H13N5O/c1-7-3-10(15(2)14-7)16-9-6-12-8(4-11)5-13-9/h3,5-6H,4,11H2,1-2H3. The smallest absolute Gasteiger partial charge is 0.239 e. The summed E-state index contributed by atoms with van der Waals surface area (Å²) in [6, 6.07) is 1.83. The predicted molar refractivity (Wildman–Crippen MR) is 57.9 cm³/mol. The average Bonchev–Trinajstić information content (AvgIpc) is 2.59. The summed E-state index contributed by atoms with van der Waals surface area (Å²) in [5, 5.41) is 4.16. The Kier molecular flexibility index (Phi) is 2.82. The molecule has 0 atom stereocenters. The van der Waals surface area contributed by atoms with Crippen LogP contribution >= 0.6 is 0 Å². The maximum Gasteiger partial charge on any atom is 0.239 e. The molecule has 16 heavy (non-hydrogen) atoms. The molecule has 0 radical (unpaired) electrons. The normalized spacial score (nSPS) is 10.4. The first-order valence-electron chi connectivity index (χ1n) is 4.88. The fraction of sp³-hybridized carbons (Fsp3) is 0.300. The van der Waals surface area contributed by atoms with Gasteiger partial charge in [-0.25, -0.2) is 9.67 Å². The zero-order valence-corrected chi connectivity index (χ0v) is 9.21. The summed E-state index contributed by atoms with van der Waals surface area (Å²) in [4.78, 5) is 8.18. The van der Waals surface area contributed by atoms with Crippen molar-refractivity contribution in [2.75, 3.05) is 0 Å². The third kappa shape index (κ3) is 2.17. The van der Waals surface area contributed by atoms with Gasteiger partial charge in [-0.1, -0.05) is 0 Å². The molecule has 0 amide bonds. The van der Waals surface area contributed by atoms with Crippen molar-refractivity contribution in [1.29, 1.82) is 0 Å². The van der Waals surface area contributed by atoms with Crippen LogP contribution in [0.3, 0.4) is 0 Å². The second-order valence-electron chi connectivity index (χ2n) is 3.40. The molecule has 0 saturated carbocycles. The fourth-order valence-corrected chi connectivity index (χ4v) is 1.29. The second kappa shape index (κ2) is 4.28. The van der Waals surface area contributed by atoms with Crippen molar-refractivity contribution < 1.29 is 4.74 Å². The SMILES string of the molecule is Cc1cc(Oc2cnc(CN)cn2)n(C)n1. The van der Waals surface area contributed by atoms with Crippen LogP contribution in [0.1, 0.15) is 11.4 Å². The Morgan fingerprint density at radius 3 is 2.69 bits per heavy atom. The second-order valence-corrected chi connectivity index (χ2v) is 3.40. The Labute approximate surface area is 93.1 Å². The van der Waals surface area contributed by atoms with E-state index in [-0.39, 0.29) is 0 Å². The average molecular weight is 219 g/mol. The zero-order valence-electron chi connectivity index (χ0n) is 9.21. The molecule has 0 bridgehead atoms. The summed E-state index contributed by atoms with van der Waals surface area (Å²) in [7, 11) is 1.81. The molecule has 2 aromatic rings. The van der Waals surface area contributed by atoms with Crippen molar-refractivity contribution in [3.8, 4) is 11.8 Å². The van der Waals surface area contributed by atoms with Crippen LogP contribution < -0.4 is 10.5 Å². The number of ether oxygens (including phenoxy) is 1. The summed E-state index contributed by atoms with van der Waals surface area (Å²) < 4.78 is 7.16. The lowest BCUT2D eigenvalue weighted by molar-refractivity contribution is 0.413. The maximum absolute atomic E-state index is 5.52. The van der Waals surface area contributed by atoms with Crippen LogP contribution in [0.4, 0.5) is 0 Å². The van der Waals surface area contributed by atoms with Gasteiger partial charge in [-0.2, -0.15) is 5.10 Å². The number of aryl methyl sites for hydroxylation is 2. The first kappa shape index (κ1) is 10.6. The molecule has 0 aliphatic rings. The molecule has 6 nitrogen and oxygen atoms in total. The molecule has 0 unspecified atom stereocenters. The molecular formula is C10H13N5O. The highest BCUT2D eigenvalue weighted by Crippen LogP contribution is 2.18. The molecule has 0 aliphatic carbocycles. The van der Waals surface area contributed by atoms with Crippen LogP contribution in [0.15, 0.2) is 18.5 Å². The fourth-order valence-electron chi connectivity index (χ4n) is 1.29. The van der Waals surface area contributed by atoms with Crippen LogP contribution in [0.25, 0.3) is 0 Å². The van der Waals surface area contributed by atoms with Gasteiger partial charge in [0, 0.05) is 19.7 Å². The van der Waals surface area contributed by atoms with Crippen molar-refractivity contribution in [3.05, 3.63) is 29.8 Å². The third-order valence-corrected chi connectivity index (χ3v) is 2.06. The van der Waals surface area contributed by atoms with E-state index in [2.05, 4.69) is 15.1 Å². The van der Waals surface area contributed by atoms with Crippen LogP contribution in [0.5, 0.6) is 11.8 Å². The minimum Gasteiger partial charge on any atom is -0.419 e. The lowest BCUT2D eigenvalue weighted by atomic mass is 10.4. The van der Waals surface area contributed by atoms with E-state index in [0.29, 0.717) is 18.3 Å².